The molecule has 0 saturated heterocycles. The SMILES string of the molecule is CCCNCC(C)(CCC)CN(C)C(CC)CSC. The van der Waals surface area contributed by atoms with E-state index < -0.39 is 0 Å². The summed E-state index contributed by atoms with van der Waals surface area (Å²) in [5.74, 6) is 1.25. The van der Waals surface area contributed by atoms with Crippen molar-refractivity contribution in [3.63, 3.8) is 0 Å². The van der Waals surface area contributed by atoms with E-state index in [9.17, 15) is 0 Å². The highest BCUT2D eigenvalue weighted by molar-refractivity contribution is 7.98. The van der Waals surface area contributed by atoms with E-state index in [0.29, 0.717) is 5.41 Å². The third kappa shape index (κ3) is 8.21. The van der Waals surface area contributed by atoms with Gasteiger partial charge in [-0.15, -0.1) is 0 Å². The number of nitrogens with zero attached hydrogens (tertiary/aromatic N) is 1. The fourth-order valence-corrected chi connectivity index (χ4v) is 3.75. The summed E-state index contributed by atoms with van der Waals surface area (Å²) in [5.41, 5.74) is 0.407. The number of nitrogens with one attached hydrogen (secondary N) is 1. The average molecular weight is 289 g/mol. The maximum absolute atomic E-state index is 3.62. The highest BCUT2D eigenvalue weighted by Gasteiger charge is 2.27. The second-order valence-electron chi connectivity index (χ2n) is 6.17. The van der Waals surface area contributed by atoms with Crippen LogP contribution in [0.5, 0.6) is 0 Å². The number of thioether (sulfide) groups is 1. The summed E-state index contributed by atoms with van der Waals surface area (Å²) in [7, 11) is 2.30. The van der Waals surface area contributed by atoms with Gasteiger partial charge in [-0.25, -0.2) is 0 Å². The first-order valence-electron chi connectivity index (χ1n) is 7.92. The van der Waals surface area contributed by atoms with Crippen LogP contribution in [0.25, 0.3) is 0 Å². The molecule has 2 unspecified atom stereocenters. The standard InChI is InChI=1S/C16H36N2S/c1-7-10-16(4,13-17-11-8-2)14-18(5)15(9-3)12-19-6/h15,17H,7-14H2,1-6H3. The van der Waals surface area contributed by atoms with Crippen LogP contribution in [0.4, 0.5) is 0 Å². The van der Waals surface area contributed by atoms with Gasteiger partial charge in [0.05, 0.1) is 0 Å². The van der Waals surface area contributed by atoms with Gasteiger partial charge in [-0.2, -0.15) is 11.8 Å². The first-order chi connectivity index (χ1) is 9.02. The minimum atomic E-state index is 0.407. The van der Waals surface area contributed by atoms with Gasteiger partial charge in [-0.05, 0) is 44.5 Å². The molecular weight excluding hydrogens is 252 g/mol. The lowest BCUT2D eigenvalue weighted by Gasteiger charge is -2.37. The van der Waals surface area contributed by atoms with Crippen LogP contribution in [-0.2, 0) is 0 Å². The molecule has 0 aliphatic carbocycles. The van der Waals surface area contributed by atoms with Gasteiger partial charge in [-0.3, -0.25) is 0 Å². The molecule has 0 aromatic rings. The Morgan fingerprint density at radius 2 is 1.89 bits per heavy atom. The topological polar surface area (TPSA) is 15.3 Å². The van der Waals surface area contributed by atoms with Crippen LogP contribution in [0, 0.1) is 5.41 Å². The zero-order valence-electron chi connectivity index (χ0n) is 14.1. The van der Waals surface area contributed by atoms with Gasteiger partial charge in [0.15, 0.2) is 0 Å². The lowest BCUT2D eigenvalue weighted by molar-refractivity contribution is 0.142. The average Bonchev–Trinajstić information content (AvgIpc) is 2.36. The van der Waals surface area contributed by atoms with Crippen LogP contribution in [0.1, 0.15) is 53.4 Å². The molecule has 0 aliphatic rings. The van der Waals surface area contributed by atoms with Crippen molar-refractivity contribution in [2.45, 2.75) is 59.4 Å². The molecule has 0 radical (unpaired) electrons. The van der Waals surface area contributed by atoms with Crippen molar-refractivity contribution >= 4 is 11.8 Å². The molecule has 116 valence electrons. The molecule has 0 rings (SSSR count). The Morgan fingerprint density at radius 3 is 2.37 bits per heavy atom. The fraction of sp³-hybridized carbons (Fsp3) is 1.00. The maximum Gasteiger partial charge on any atom is 0.0180 e. The van der Waals surface area contributed by atoms with Crippen molar-refractivity contribution in [1.29, 1.82) is 0 Å². The van der Waals surface area contributed by atoms with Crippen LogP contribution in [-0.4, -0.2) is 49.6 Å². The molecule has 0 spiro atoms. The number of hydrogen-bond donors (Lipinski definition) is 1. The van der Waals surface area contributed by atoms with E-state index in [4.69, 9.17) is 0 Å². The van der Waals surface area contributed by atoms with E-state index in [0.717, 1.165) is 19.1 Å². The molecule has 19 heavy (non-hydrogen) atoms. The van der Waals surface area contributed by atoms with Gasteiger partial charge < -0.3 is 10.2 Å². The summed E-state index contributed by atoms with van der Waals surface area (Å²) < 4.78 is 0. The zero-order valence-corrected chi connectivity index (χ0v) is 14.9. The van der Waals surface area contributed by atoms with E-state index in [2.05, 4.69) is 51.2 Å². The Morgan fingerprint density at radius 1 is 1.21 bits per heavy atom. The third-order valence-corrected chi connectivity index (χ3v) is 4.63. The van der Waals surface area contributed by atoms with Crippen LogP contribution in [0.15, 0.2) is 0 Å². The second kappa shape index (κ2) is 11.0. The second-order valence-corrected chi connectivity index (χ2v) is 7.08. The predicted octanol–water partition coefficient (Wildman–Crippen LogP) is 3.87. The predicted molar refractivity (Wildman–Crippen MR) is 91.3 cm³/mol. The molecule has 0 saturated carbocycles. The molecule has 0 aromatic heterocycles. The molecule has 0 heterocycles. The third-order valence-electron chi connectivity index (χ3n) is 3.92. The summed E-state index contributed by atoms with van der Waals surface area (Å²) in [6.45, 7) is 12.8. The summed E-state index contributed by atoms with van der Waals surface area (Å²) in [6.07, 6.45) is 7.27. The van der Waals surface area contributed by atoms with Gasteiger partial charge >= 0.3 is 0 Å². The minimum Gasteiger partial charge on any atom is -0.316 e. The van der Waals surface area contributed by atoms with Gasteiger partial charge in [0.2, 0.25) is 0 Å². The van der Waals surface area contributed by atoms with Crippen molar-refractivity contribution in [3.8, 4) is 0 Å². The summed E-state index contributed by atoms with van der Waals surface area (Å²) in [4.78, 5) is 2.58. The Kier molecular flexibility index (Phi) is 11.1. The smallest absolute Gasteiger partial charge is 0.0180 e. The molecule has 1 N–H and O–H groups in total. The monoisotopic (exact) mass is 288 g/mol. The number of hydrogen-bond acceptors (Lipinski definition) is 3. The van der Waals surface area contributed by atoms with E-state index in [-0.39, 0.29) is 0 Å². The number of rotatable bonds is 12. The molecule has 0 aliphatic heterocycles. The van der Waals surface area contributed by atoms with Crippen molar-refractivity contribution < 1.29 is 0 Å². The van der Waals surface area contributed by atoms with E-state index in [1.54, 1.807) is 0 Å². The highest BCUT2D eigenvalue weighted by Crippen LogP contribution is 2.25. The molecular formula is C16H36N2S. The largest absolute Gasteiger partial charge is 0.316 e. The maximum atomic E-state index is 3.62. The van der Waals surface area contributed by atoms with Crippen molar-refractivity contribution in [1.82, 2.24) is 10.2 Å². The Hall–Kier alpha value is 0.270. The molecule has 0 aromatic carbocycles. The molecule has 0 amide bonds. The molecule has 0 fully saturated rings. The van der Waals surface area contributed by atoms with E-state index in [1.807, 2.05) is 11.8 Å². The zero-order chi connectivity index (χ0) is 14.7. The quantitative estimate of drug-likeness (QED) is 0.549. The van der Waals surface area contributed by atoms with Crippen LogP contribution in [0.3, 0.4) is 0 Å². The van der Waals surface area contributed by atoms with Gasteiger partial charge in [0.25, 0.3) is 0 Å². The molecule has 2 atom stereocenters. The Balaban J connectivity index is 4.43. The van der Waals surface area contributed by atoms with Crippen LogP contribution >= 0.6 is 11.8 Å². The van der Waals surface area contributed by atoms with Crippen molar-refractivity contribution in [2.24, 2.45) is 5.41 Å². The summed E-state index contributed by atoms with van der Waals surface area (Å²) in [6, 6.07) is 0.720. The van der Waals surface area contributed by atoms with Crippen LogP contribution < -0.4 is 5.32 Å². The normalized spacial score (nSPS) is 16.6. The molecule has 2 nitrogen and oxygen atoms in total. The Bertz CT molecular complexity index is 211. The van der Waals surface area contributed by atoms with Gasteiger partial charge in [0, 0.05) is 24.9 Å². The Labute approximate surface area is 126 Å². The first kappa shape index (κ1) is 19.3. The van der Waals surface area contributed by atoms with Crippen LogP contribution in [0.2, 0.25) is 0 Å². The first-order valence-corrected chi connectivity index (χ1v) is 9.32. The van der Waals surface area contributed by atoms with Gasteiger partial charge in [0.1, 0.15) is 0 Å². The molecule has 0 bridgehead atoms. The summed E-state index contributed by atoms with van der Waals surface area (Å²) >= 11 is 1.97. The lowest BCUT2D eigenvalue weighted by Crippen LogP contribution is -2.45. The fourth-order valence-electron chi connectivity index (χ4n) is 2.87. The van der Waals surface area contributed by atoms with Crippen molar-refractivity contribution in [3.05, 3.63) is 0 Å². The van der Waals surface area contributed by atoms with Gasteiger partial charge in [-0.1, -0.05) is 34.1 Å². The lowest BCUT2D eigenvalue weighted by atomic mass is 9.84. The van der Waals surface area contributed by atoms with E-state index in [1.165, 1.54) is 38.0 Å². The summed E-state index contributed by atoms with van der Waals surface area (Å²) in [5, 5.41) is 3.62. The minimum absolute atomic E-state index is 0.407. The highest BCUT2D eigenvalue weighted by atomic mass is 32.2. The van der Waals surface area contributed by atoms with E-state index >= 15 is 0 Å². The van der Waals surface area contributed by atoms with Crippen molar-refractivity contribution in [2.75, 3.05) is 38.7 Å². The molecule has 3 heteroatoms.